The number of allylic oxidation sites excluding steroid dienone is 4. The second kappa shape index (κ2) is 8.50. The molecule has 0 radical (unpaired) electrons. The SMILES string of the molecule is C=C(C1=C(OC(=O)CC(C)(C)C)C2(CCCC2)OC1=O)/C(C)=C\C(C)=C/CC. The minimum absolute atomic E-state index is 0.195. The smallest absolute Gasteiger partial charge is 0.343 e. The molecule has 0 bridgehead atoms. The first-order valence-corrected chi connectivity index (χ1v) is 10.2. The van der Waals surface area contributed by atoms with Crippen LogP contribution in [0.3, 0.4) is 0 Å². The number of esters is 2. The van der Waals surface area contributed by atoms with Crippen LogP contribution in [0.1, 0.15) is 80.1 Å². The summed E-state index contributed by atoms with van der Waals surface area (Å²) in [6.45, 7) is 16.1. The third-order valence-corrected chi connectivity index (χ3v) is 5.18. The Kier molecular flexibility index (Phi) is 6.74. The molecule has 0 aromatic carbocycles. The zero-order chi connectivity index (χ0) is 21.1. The number of hydrogen-bond donors (Lipinski definition) is 0. The van der Waals surface area contributed by atoms with Gasteiger partial charge in [0.25, 0.3) is 0 Å². The van der Waals surface area contributed by atoms with E-state index in [1.807, 2.05) is 40.7 Å². The van der Waals surface area contributed by atoms with Gasteiger partial charge in [-0.15, -0.1) is 0 Å². The summed E-state index contributed by atoms with van der Waals surface area (Å²) >= 11 is 0. The molecule has 2 aliphatic rings. The van der Waals surface area contributed by atoms with Crippen molar-refractivity contribution in [3.8, 4) is 0 Å². The third kappa shape index (κ3) is 5.03. The summed E-state index contributed by atoms with van der Waals surface area (Å²) < 4.78 is 11.6. The van der Waals surface area contributed by atoms with E-state index in [4.69, 9.17) is 9.47 Å². The number of rotatable bonds is 6. The largest absolute Gasteiger partial charge is 0.447 e. The van der Waals surface area contributed by atoms with Crippen molar-refractivity contribution in [2.45, 2.75) is 85.7 Å². The Morgan fingerprint density at radius 3 is 2.39 bits per heavy atom. The van der Waals surface area contributed by atoms with E-state index < -0.39 is 11.6 Å². The number of carbonyl (C=O) groups excluding carboxylic acids is 2. The quantitative estimate of drug-likeness (QED) is 0.418. The van der Waals surface area contributed by atoms with Crippen molar-refractivity contribution >= 4 is 11.9 Å². The van der Waals surface area contributed by atoms with Crippen LogP contribution in [0, 0.1) is 5.41 Å². The molecule has 1 heterocycles. The zero-order valence-electron chi connectivity index (χ0n) is 18.2. The molecule has 0 unspecified atom stereocenters. The predicted molar refractivity (Wildman–Crippen MR) is 111 cm³/mol. The van der Waals surface area contributed by atoms with Crippen molar-refractivity contribution in [2.24, 2.45) is 5.41 Å². The summed E-state index contributed by atoms with van der Waals surface area (Å²) in [5.41, 5.74) is 1.86. The predicted octanol–water partition coefficient (Wildman–Crippen LogP) is 5.95. The highest BCUT2D eigenvalue weighted by molar-refractivity contribution is 5.99. The Hall–Kier alpha value is -2.10. The van der Waals surface area contributed by atoms with Crippen molar-refractivity contribution in [1.29, 1.82) is 0 Å². The molecule has 0 amide bonds. The van der Waals surface area contributed by atoms with Crippen LogP contribution in [-0.2, 0) is 19.1 Å². The maximum atomic E-state index is 12.8. The Morgan fingerprint density at radius 2 is 1.86 bits per heavy atom. The number of ether oxygens (including phenoxy) is 2. The summed E-state index contributed by atoms with van der Waals surface area (Å²) in [5.74, 6) is -0.393. The van der Waals surface area contributed by atoms with Gasteiger partial charge < -0.3 is 9.47 Å². The van der Waals surface area contributed by atoms with Gasteiger partial charge in [-0.3, -0.25) is 4.79 Å². The van der Waals surface area contributed by atoms with Gasteiger partial charge in [-0.1, -0.05) is 52.0 Å². The lowest BCUT2D eigenvalue weighted by Crippen LogP contribution is -2.31. The molecule has 0 aromatic rings. The molecule has 2 rings (SSSR count). The highest BCUT2D eigenvalue weighted by Gasteiger charge is 2.52. The van der Waals surface area contributed by atoms with E-state index in [-0.39, 0.29) is 17.8 Å². The second-order valence-electron chi connectivity index (χ2n) is 9.17. The van der Waals surface area contributed by atoms with Gasteiger partial charge in [0.15, 0.2) is 11.4 Å². The Morgan fingerprint density at radius 1 is 1.25 bits per heavy atom. The topological polar surface area (TPSA) is 52.6 Å². The Labute approximate surface area is 169 Å². The van der Waals surface area contributed by atoms with E-state index in [1.54, 1.807) is 0 Å². The van der Waals surface area contributed by atoms with Gasteiger partial charge in [-0.05, 0) is 62.5 Å². The van der Waals surface area contributed by atoms with Gasteiger partial charge in [0.2, 0.25) is 0 Å². The molecule has 4 nitrogen and oxygen atoms in total. The third-order valence-electron chi connectivity index (χ3n) is 5.18. The van der Waals surface area contributed by atoms with E-state index in [2.05, 4.69) is 19.6 Å². The van der Waals surface area contributed by atoms with Gasteiger partial charge >= 0.3 is 11.9 Å². The lowest BCUT2D eigenvalue weighted by Gasteiger charge is -2.26. The summed E-state index contributed by atoms with van der Waals surface area (Å²) in [5, 5.41) is 0. The van der Waals surface area contributed by atoms with Crippen LogP contribution in [0.15, 0.2) is 46.8 Å². The maximum Gasteiger partial charge on any atom is 0.343 e. The first-order chi connectivity index (χ1) is 13.0. The average molecular weight is 387 g/mol. The van der Waals surface area contributed by atoms with E-state index in [1.165, 1.54) is 0 Å². The molecule has 0 aromatic heterocycles. The van der Waals surface area contributed by atoms with Crippen molar-refractivity contribution in [3.63, 3.8) is 0 Å². The minimum atomic E-state index is -0.808. The van der Waals surface area contributed by atoms with Crippen LogP contribution >= 0.6 is 0 Å². The van der Waals surface area contributed by atoms with E-state index in [9.17, 15) is 9.59 Å². The molecule has 0 N–H and O–H groups in total. The molecular formula is C24H34O4. The summed E-state index contributed by atoms with van der Waals surface area (Å²) in [6, 6.07) is 0. The van der Waals surface area contributed by atoms with Crippen LogP contribution in [-0.4, -0.2) is 17.5 Å². The number of hydrogen-bond acceptors (Lipinski definition) is 4. The standard InChI is InChI=1S/C24H34O4/c1-8-11-16(2)14-17(3)18(4)20-21(27-19(25)15-23(5,6)7)24(28-22(20)26)12-9-10-13-24/h11,14H,4,8-10,12-13,15H2,1-3,5-7H3/b16-11-,17-14-. The average Bonchev–Trinajstić information content (AvgIpc) is 3.11. The van der Waals surface area contributed by atoms with Crippen molar-refractivity contribution in [1.82, 2.24) is 0 Å². The molecule has 0 atom stereocenters. The first kappa shape index (κ1) is 22.2. The second-order valence-corrected chi connectivity index (χ2v) is 9.17. The van der Waals surface area contributed by atoms with Gasteiger partial charge in [0, 0.05) is 0 Å². The molecule has 1 aliphatic carbocycles. The molecule has 0 saturated heterocycles. The molecule has 1 aliphatic heterocycles. The van der Waals surface area contributed by atoms with E-state index in [0.29, 0.717) is 29.7 Å². The van der Waals surface area contributed by atoms with Gasteiger partial charge in [0.1, 0.15) is 5.57 Å². The molecule has 28 heavy (non-hydrogen) atoms. The van der Waals surface area contributed by atoms with E-state index >= 15 is 0 Å². The fourth-order valence-electron chi connectivity index (χ4n) is 3.86. The van der Waals surface area contributed by atoms with Crippen LogP contribution < -0.4 is 0 Å². The maximum absolute atomic E-state index is 12.8. The van der Waals surface area contributed by atoms with Gasteiger partial charge in [0.05, 0.1) is 6.42 Å². The van der Waals surface area contributed by atoms with Crippen LogP contribution in [0.4, 0.5) is 0 Å². The molecule has 1 fully saturated rings. The number of carbonyl (C=O) groups is 2. The van der Waals surface area contributed by atoms with Crippen molar-refractivity contribution in [3.05, 3.63) is 46.8 Å². The first-order valence-electron chi connectivity index (χ1n) is 10.2. The van der Waals surface area contributed by atoms with Crippen LogP contribution in [0.2, 0.25) is 0 Å². The van der Waals surface area contributed by atoms with Crippen LogP contribution in [0.25, 0.3) is 0 Å². The fraction of sp³-hybridized carbons (Fsp3) is 0.583. The monoisotopic (exact) mass is 386 g/mol. The highest BCUT2D eigenvalue weighted by atomic mass is 16.6. The Bertz CT molecular complexity index is 750. The van der Waals surface area contributed by atoms with Crippen molar-refractivity contribution < 1.29 is 19.1 Å². The molecule has 154 valence electrons. The van der Waals surface area contributed by atoms with E-state index in [0.717, 1.165) is 30.4 Å². The normalized spacial score (nSPS) is 20.0. The molecule has 4 heteroatoms. The molecule has 1 spiro atoms. The summed E-state index contributed by atoms with van der Waals surface area (Å²) in [7, 11) is 0. The Balaban J connectivity index is 2.44. The minimum Gasteiger partial charge on any atom is -0.447 e. The fourth-order valence-corrected chi connectivity index (χ4v) is 3.86. The lowest BCUT2D eigenvalue weighted by molar-refractivity contribution is -0.153. The highest BCUT2D eigenvalue weighted by Crippen LogP contribution is 2.48. The zero-order valence-corrected chi connectivity index (χ0v) is 18.2. The molecule has 1 saturated carbocycles. The summed E-state index contributed by atoms with van der Waals surface area (Å²) in [4.78, 5) is 25.4. The lowest BCUT2D eigenvalue weighted by atomic mass is 9.91. The van der Waals surface area contributed by atoms with Crippen molar-refractivity contribution in [2.75, 3.05) is 0 Å². The van der Waals surface area contributed by atoms with Crippen LogP contribution in [0.5, 0.6) is 0 Å². The molecular weight excluding hydrogens is 352 g/mol. The summed E-state index contributed by atoms with van der Waals surface area (Å²) in [6.07, 6.45) is 8.58. The van der Waals surface area contributed by atoms with Gasteiger partial charge in [-0.25, -0.2) is 4.79 Å². The van der Waals surface area contributed by atoms with Gasteiger partial charge in [-0.2, -0.15) is 0 Å².